The number of carbonyl (C=O) groups excluding carboxylic acids is 2. The molecule has 102 valence electrons. The molecule has 0 unspecified atom stereocenters. The molecule has 0 aromatic heterocycles. The van der Waals surface area contributed by atoms with Gasteiger partial charge >= 0.3 is 5.97 Å². The Morgan fingerprint density at radius 2 is 1.89 bits per heavy atom. The zero-order valence-electron chi connectivity index (χ0n) is 9.77. The zero-order valence-corrected chi connectivity index (χ0v) is 10.5. The first-order valence-corrected chi connectivity index (χ1v) is 5.60. The van der Waals surface area contributed by atoms with E-state index in [4.69, 9.17) is 22.4 Å². The number of nitrogens with two attached hydrogens (primary N) is 1. The molecule has 5 N–H and O–H groups in total. The standard InChI is InChI=1S/C11H12ClN3O4/c12-7-3-1-2-6(10(7)13)11(19)15-4-8(16)14-5-9(17)18/h1-3H,4-5,13H2,(H,14,16)(H,15,19)(H,17,18). The van der Waals surface area contributed by atoms with E-state index in [1.54, 1.807) is 6.07 Å². The van der Waals surface area contributed by atoms with E-state index in [2.05, 4.69) is 10.6 Å². The number of aliphatic carboxylic acids is 1. The molecule has 1 aromatic rings. The SMILES string of the molecule is Nc1c(Cl)cccc1C(=O)NCC(=O)NCC(=O)O. The molecule has 0 bridgehead atoms. The number of amides is 2. The van der Waals surface area contributed by atoms with Crippen LogP contribution in [0, 0.1) is 0 Å². The van der Waals surface area contributed by atoms with Gasteiger partial charge in [0.2, 0.25) is 5.91 Å². The number of nitrogens with one attached hydrogen (secondary N) is 2. The van der Waals surface area contributed by atoms with Crippen LogP contribution in [0.1, 0.15) is 10.4 Å². The van der Waals surface area contributed by atoms with Crippen molar-refractivity contribution < 1.29 is 19.5 Å². The molecule has 1 rings (SSSR count). The van der Waals surface area contributed by atoms with Crippen LogP contribution in [0.4, 0.5) is 5.69 Å². The molecular weight excluding hydrogens is 274 g/mol. The fourth-order valence-corrected chi connectivity index (χ4v) is 1.40. The maximum Gasteiger partial charge on any atom is 0.322 e. The van der Waals surface area contributed by atoms with Crippen molar-refractivity contribution in [1.82, 2.24) is 10.6 Å². The van der Waals surface area contributed by atoms with Gasteiger partial charge in [-0.2, -0.15) is 0 Å². The second-order valence-corrected chi connectivity index (χ2v) is 3.96. The van der Waals surface area contributed by atoms with Crippen molar-refractivity contribution in [1.29, 1.82) is 0 Å². The Morgan fingerprint density at radius 3 is 2.53 bits per heavy atom. The predicted molar refractivity (Wildman–Crippen MR) is 68.8 cm³/mol. The monoisotopic (exact) mass is 285 g/mol. The summed E-state index contributed by atoms with van der Waals surface area (Å²) in [4.78, 5) is 33.1. The van der Waals surface area contributed by atoms with Crippen LogP contribution in [0.5, 0.6) is 0 Å². The lowest BCUT2D eigenvalue weighted by Gasteiger charge is -2.08. The zero-order chi connectivity index (χ0) is 14.4. The maximum absolute atomic E-state index is 11.7. The van der Waals surface area contributed by atoms with E-state index >= 15 is 0 Å². The van der Waals surface area contributed by atoms with Gasteiger partial charge < -0.3 is 21.5 Å². The van der Waals surface area contributed by atoms with Crippen LogP contribution in [0.25, 0.3) is 0 Å². The minimum atomic E-state index is -1.17. The molecule has 8 heteroatoms. The van der Waals surface area contributed by atoms with Crippen molar-refractivity contribution in [3.63, 3.8) is 0 Å². The average molecular weight is 286 g/mol. The van der Waals surface area contributed by atoms with Crippen molar-refractivity contribution in [3.05, 3.63) is 28.8 Å². The summed E-state index contributed by atoms with van der Waals surface area (Å²) in [5, 5.41) is 13.0. The van der Waals surface area contributed by atoms with Gasteiger partial charge in [-0.25, -0.2) is 0 Å². The van der Waals surface area contributed by atoms with E-state index in [0.717, 1.165) is 0 Å². The van der Waals surface area contributed by atoms with Gasteiger partial charge in [-0.1, -0.05) is 17.7 Å². The van der Waals surface area contributed by atoms with E-state index in [0.29, 0.717) is 0 Å². The third kappa shape index (κ3) is 4.47. The van der Waals surface area contributed by atoms with E-state index in [1.807, 2.05) is 0 Å². The van der Waals surface area contributed by atoms with E-state index in [9.17, 15) is 14.4 Å². The van der Waals surface area contributed by atoms with Crippen molar-refractivity contribution in [2.75, 3.05) is 18.8 Å². The van der Waals surface area contributed by atoms with Gasteiger partial charge in [-0.3, -0.25) is 14.4 Å². The van der Waals surface area contributed by atoms with Crippen LogP contribution >= 0.6 is 11.6 Å². The van der Waals surface area contributed by atoms with Crippen molar-refractivity contribution in [3.8, 4) is 0 Å². The number of rotatable bonds is 5. The number of carboxylic acids is 1. The van der Waals surface area contributed by atoms with Gasteiger partial charge in [0.25, 0.3) is 5.91 Å². The van der Waals surface area contributed by atoms with Gasteiger partial charge in [0, 0.05) is 0 Å². The van der Waals surface area contributed by atoms with Crippen LogP contribution in [0.2, 0.25) is 5.02 Å². The summed E-state index contributed by atoms with van der Waals surface area (Å²) in [6.07, 6.45) is 0. The Morgan fingerprint density at radius 1 is 1.21 bits per heavy atom. The first-order valence-electron chi connectivity index (χ1n) is 5.22. The molecule has 0 spiro atoms. The molecule has 0 heterocycles. The number of para-hydroxylation sites is 1. The summed E-state index contributed by atoms with van der Waals surface area (Å²) < 4.78 is 0. The summed E-state index contributed by atoms with van der Waals surface area (Å²) in [6, 6.07) is 4.55. The average Bonchev–Trinajstić information content (AvgIpc) is 2.36. The Bertz CT molecular complexity index is 519. The molecule has 1 aromatic carbocycles. The van der Waals surface area contributed by atoms with Gasteiger partial charge in [-0.05, 0) is 12.1 Å². The number of anilines is 1. The summed E-state index contributed by atoms with van der Waals surface area (Å²) in [5.74, 6) is -2.35. The van der Waals surface area contributed by atoms with E-state index in [-0.39, 0.29) is 22.8 Å². The second-order valence-electron chi connectivity index (χ2n) is 3.55. The number of carboxylic acid groups (broad SMARTS) is 1. The molecule has 0 fully saturated rings. The Hall–Kier alpha value is -2.28. The highest BCUT2D eigenvalue weighted by Gasteiger charge is 2.12. The number of benzene rings is 1. The molecule has 0 radical (unpaired) electrons. The quantitative estimate of drug-likeness (QED) is 0.561. The third-order valence-electron chi connectivity index (χ3n) is 2.14. The number of halogens is 1. The highest BCUT2D eigenvalue weighted by atomic mass is 35.5. The Labute approximate surface area is 113 Å². The topological polar surface area (TPSA) is 122 Å². The molecular formula is C11H12ClN3O4. The van der Waals surface area contributed by atoms with Crippen LogP contribution in [-0.4, -0.2) is 36.0 Å². The van der Waals surface area contributed by atoms with Crippen LogP contribution in [-0.2, 0) is 9.59 Å². The number of nitrogen functional groups attached to an aromatic ring is 1. The molecule has 0 aliphatic carbocycles. The maximum atomic E-state index is 11.7. The van der Waals surface area contributed by atoms with Crippen LogP contribution < -0.4 is 16.4 Å². The second kappa shape index (κ2) is 6.60. The molecule has 0 atom stereocenters. The fourth-order valence-electron chi connectivity index (χ4n) is 1.23. The van der Waals surface area contributed by atoms with Crippen LogP contribution in [0.15, 0.2) is 18.2 Å². The van der Waals surface area contributed by atoms with Crippen molar-refractivity contribution >= 4 is 35.1 Å². The van der Waals surface area contributed by atoms with Crippen molar-refractivity contribution in [2.45, 2.75) is 0 Å². The summed E-state index contributed by atoms with van der Waals surface area (Å²) in [6.45, 7) is -0.855. The summed E-state index contributed by atoms with van der Waals surface area (Å²) in [7, 11) is 0. The van der Waals surface area contributed by atoms with Gasteiger partial charge in [0.05, 0.1) is 22.8 Å². The molecule has 0 aliphatic rings. The largest absolute Gasteiger partial charge is 0.480 e. The third-order valence-corrected chi connectivity index (χ3v) is 2.47. The van der Waals surface area contributed by atoms with E-state index < -0.39 is 24.3 Å². The molecule has 19 heavy (non-hydrogen) atoms. The minimum Gasteiger partial charge on any atom is -0.480 e. The number of hydrogen-bond acceptors (Lipinski definition) is 4. The first kappa shape index (κ1) is 14.8. The van der Waals surface area contributed by atoms with Gasteiger partial charge in [0.1, 0.15) is 6.54 Å². The predicted octanol–water partition coefficient (Wildman–Crippen LogP) is -0.147. The highest BCUT2D eigenvalue weighted by molar-refractivity contribution is 6.33. The number of carbonyl (C=O) groups is 3. The summed E-state index contributed by atoms with van der Waals surface area (Å²) >= 11 is 5.76. The molecule has 0 saturated heterocycles. The van der Waals surface area contributed by atoms with Crippen molar-refractivity contribution in [2.24, 2.45) is 0 Å². The number of hydrogen-bond donors (Lipinski definition) is 4. The molecule has 0 saturated carbocycles. The van der Waals surface area contributed by atoms with E-state index in [1.165, 1.54) is 12.1 Å². The molecule has 0 aliphatic heterocycles. The molecule has 7 nitrogen and oxygen atoms in total. The smallest absolute Gasteiger partial charge is 0.322 e. The lowest BCUT2D eigenvalue weighted by Crippen LogP contribution is -2.39. The fraction of sp³-hybridized carbons (Fsp3) is 0.182. The lowest BCUT2D eigenvalue weighted by atomic mass is 10.1. The van der Waals surface area contributed by atoms with Gasteiger partial charge in [-0.15, -0.1) is 0 Å². The van der Waals surface area contributed by atoms with Gasteiger partial charge in [0.15, 0.2) is 0 Å². The molecule has 2 amide bonds. The summed E-state index contributed by atoms with van der Waals surface area (Å²) in [5.41, 5.74) is 5.89. The van der Waals surface area contributed by atoms with Crippen LogP contribution in [0.3, 0.4) is 0 Å². The minimum absolute atomic E-state index is 0.118. The first-order chi connectivity index (χ1) is 8.91. The Kier molecular flexibility index (Phi) is 5.13. The lowest BCUT2D eigenvalue weighted by molar-refractivity contribution is -0.137. The highest BCUT2D eigenvalue weighted by Crippen LogP contribution is 2.21. The Balaban J connectivity index is 2.54. The normalized spacial score (nSPS) is 9.74.